The van der Waals surface area contributed by atoms with Crippen molar-refractivity contribution in [1.29, 1.82) is 0 Å². The van der Waals surface area contributed by atoms with Crippen molar-refractivity contribution in [2.24, 2.45) is 59.2 Å². The lowest BCUT2D eigenvalue weighted by Gasteiger charge is -2.48. The lowest BCUT2D eigenvalue weighted by atomic mass is 9.62. The van der Waals surface area contributed by atoms with Gasteiger partial charge in [0.15, 0.2) is 0 Å². The van der Waals surface area contributed by atoms with E-state index in [9.17, 15) is 10.2 Å². The van der Waals surface area contributed by atoms with Crippen LogP contribution < -0.4 is 0 Å². The van der Waals surface area contributed by atoms with Crippen LogP contribution in [0.4, 0.5) is 0 Å². The summed E-state index contributed by atoms with van der Waals surface area (Å²) in [5.74, 6) is 6.65. The van der Waals surface area contributed by atoms with Gasteiger partial charge < -0.3 is 10.2 Å². The average molecular weight is 216 g/mol. The normalized spacial score (nSPS) is 94.9. The molecule has 0 aromatic rings. The minimum absolute atomic E-state index is 0.290. The largest absolute Gasteiger partial charge is 0.389 e. The molecule has 0 saturated heterocycles. The Morgan fingerprint density at radius 1 is 0.688 bits per heavy atom. The first-order chi connectivity index (χ1) is 7.70. The quantitative estimate of drug-likeness (QED) is 0.618. The van der Waals surface area contributed by atoms with E-state index in [1.54, 1.807) is 0 Å². The summed E-state index contributed by atoms with van der Waals surface area (Å²) in [7, 11) is 0. The zero-order chi connectivity index (χ0) is 10.2. The Kier molecular flexibility index (Phi) is 0.691. The Hall–Kier alpha value is -0.0800. The number of rotatable bonds is 0. The Morgan fingerprint density at radius 3 is 1.75 bits per heavy atom. The highest BCUT2D eigenvalue weighted by Crippen LogP contribution is 2.94. The zero-order valence-electron chi connectivity index (χ0n) is 9.08. The maximum Gasteiger partial charge on any atom is 0.0771 e. The molecule has 12 atom stereocenters. The second-order valence-corrected chi connectivity index (χ2v) is 8.05. The van der Waals surface area contributed by atoms with Gasteiger partial charge in [-0.2, -0.15) is 0 Å². The van der Waals surface area contributed by atoms with Gasteiger partial charge in [-0.1, -0.05) is 0 Å². The molecule has 84 valence electrons. The van der Waals surface area contributed by atoms with Crippen LogP contribution in [0.5, 0.6) is 0 Å². The molecule has 2 nitrogen and oxygen atoms in total. The van der Waals surface area contributed by atoms with Gasteiger partial charge in [-0.25, -0.2) is 0 Å². The van der Waals surface area contributed by atoms with Crippen molar-refractivity contribution in [2.45, 2.75) is 24.0 Å². The van der Waals surface area contributed by atoms with Crippen LogP contribution in [0.3, 0.4) is 0 Å². The van der Waals surface area contributed by atoms with Gasteiger partial charge in [0.2, 0.25) is 0 Å². The Bertz CT molecular complexity index is 451. The van der Waals surface area contributed by atoms with E-state index >= 15 is 0 Å². The van der Waals surface area contributed by atoms with Crippen molar-refractivity contribution in [3.8, 4) is 0 Å². The summed E-state index contributed by atoms with van der Waals surface area (Å²) in [6, 6.07) is 0. The van der Waals surface area contributed by atoms with Crippen LogP contribution in [0.15, 0.2) is 0 Å². The Labute approximate surface area is 94.0 Å². The fourth-order valence-electron chi connectivity index (χ4n) is 8.78. The molecule has 0 aromatic carbocycles. The second-order valence-electron chi connectivity index (χ2n) is 8.05. The van der Waals surface area contributed by atoms with Crippen LogP contribution in [0.2, 0.25) is 0 Å². The molecule has 9 saturated carbocycles. The minimum atomic E-state index is -0.393. The van der Waals surface area contributed by atoms with E-state index in [4.69, 9.17) is 0 Å². The summed E-state index contributed by atoms with van der Waals surface area (Å²) in [5, 5.41) is 22.5. The maximum absolute atomic E-state index is 11.2. The fraction of sp³-hybridized carbons (Fsp3) is 1.00. The molecule has 2 heteroatoms. The molecule has 0 spiro atoms. The monoisotopic (exact) mass is 216 g/mol. The standard InChI is InChI=1S/C14H16O2/c15-13-6-2-5-11(13)12(5)14(6,16)10-4-1-3-7(8(3)10)9(4)13/h3-12,15-16H,1-2H2/t3?,4?,5?,6?,7-,8+,9-,10+,11-,12-,13+,14-/m0/s1. The molecule has 16 heavy (non-hydrogen) atoms. The van der Waals surface area contributed by atoms with Crippen LogP contribution in [0, 0.1) is 59.2 Å². The van der Waals surface area contributed by atoms with E-state index in [0.717, 1.165) is 36.0 Å². The van der Waals surface area contributed by atoms with E-state index in [2.05, 4.69) is 0 Å². The molecule has 9 rings (SSSR count). The van der Waals surface area contributed by atoms with Crippen molar-refractivity contribution >= 4 is 0 Å². The van der Waals surface area contributed by atoms with Crippen LogP contribution in [0.25, 0.3) is 0 Å². The molecule has 0 aliphatic heterocycles. The van der Waals surface area contributed by atoms with E-state index in [-0.39, 0.29) is 5.92 Å². The van der Waals surface area contributed by atoms with Gasteiger partial charge in [-0.15, -0.1) is 0 Å². The first-order valence-electron chi connectivity index (χ1n) is 7.15. The average Bonchev–Trinajstić information content (AvgIpc) is 2.79. The maximum atomic E-state index is 11.2. The zero-order valence-corrected chi connectivity index (χ0v) is 9.08. The highest BCUT2D eigenvalue weighted by Gasteiger charge is 2.98. The molecule has 0 radical (unpaired) electrons. The van der Waals surface area contributed by atoms with Crippen molar-refractivity contribution in [3.63, 3.8) is 0 Å². The second kappa shape index (κ2) is 1.50. The Morgan fingerprint density at radius 2 is 1.25 bits per heavy atom. The first-order valence-corrected chi connectivity index (χ1v) is 7.15. The topological polar surface area (TPSA) is 40.5 Å². The third-order valence-electron chi connectivity index (χ3n) is 8.52. The van der Waals surface area contributed by atoms with Gasteiger partial charge in [0, 0.05) is 5.92 Å². The highest BCUT2D eigenvalue weighted by molar-refractivity contribution is 5.46. The van der Waals surface area contributed by atoms with Gasteiger partial charge in [-0.05, 0) is 66.1 Å². The third-order valence-corrected chi connectivity index (χ3v) is 8.52. The predicted molar refractivity (Wildman–Crippen MR) is 54.0 cm³/mol. The van der Waals surface area contributed by atoms with Crippen molar-refractivity contribution in [3.05, 3.63) is 0 Å². The van der Waals surface area contributed by atoms with Crippen LogP contribution in [-0.4, -0.2) is 21.4 Å². The van der Waals surface area contributed by atoms with Crippen LogP contribution in [-0.2, 0) is 0 Å². The van der Waals surface area contributed by atoms with Gasteiger partial charge in [-0.3, -0.25) is 0 Å². The molecule has 4 unspecified atom stereocenters. The van der Waals surface area contributed by atoms with Crippen LogP contribution >= 0.6 is 0 Å². The lowest BCUT2D eigenvalue weighted by Crippen LogP contribution is -2.57. The minimum Gasteiger partial charge on any atom is -0.389 e. The summed E-state index contributed by atoms with van der Waals surface area (Å²) >= 11 is 0. The fourth-order valence-corrected chi connectivity index (χ4v) is 8.78. The summed E-state index contributed by atoms with van der Waals surface area (Å²) in [6.45, 7) is 0. The molecule has 2 N–H and O–H groups in total. The molecule has 0 aromatic heterocycles. The molecule has 9 aliphatic rings. The lowest BCUT2D eigenvalue weighted by molar-refractivity contribution is -0.169. The molecule has 0 amide bonds. The highest BCUT2D eigenvalue weighted by atomic mass is 16.3. The first kappa shape index (κ1) is 7.38. The van der Waals surface area contributed by atoms with Crippen molar-refractivity contribution < 1.29 is 10.2 Å². The summed E-state index contributed by atoms with van der Waals surface area (Å²) in [5.41, 5.74) is -0.786. The molecule has 0 heterocycles. The Balaban J connectivity index is 1.64. The number of hydrogen-bond donors (Lipinski definition) is 2. The number of aliphatic hydroxyl groups is 2. The summed E-state index contributed by atoms with van der Waals surface area (Å²) in [6.07, 6.45) is 2.51. The molecule has 9 aliphatic carbocycles. The van der Waals surface area contributed by atoms with Crippen molar-refractivity contribution in [1.82, 2.24) is 0 Å². The van der Waals surface area contributed by atoms with Gasteiger partial charge in [0.1, 0.15) is 0 Å². The van der Waals surface area contributed by atoms with E-state index < -0.39 is 11.2 Å². The summed E-state index contributed by atoms with van der Waals surface area (Å²) in [4.78, 5) is 0. The smallest absolute Gasteiger partial charge is 0.0771 e. The summed E-state index contributed by atoms with van der Waals surface area (Å²) < 4.78 is 0. The van der Waals surface area contributed by atoms with Gasteiger partial charge in [0.25, 0.3) is 0 Å². The van der Waals surface area contributed by atoms with E-state index in [0.29, 0.717) is 23.7 Å². The molecular weight excluding hydrogens is 200 g/mol. The van der Waals surface area contributed by atoms with E-state index in [1.165, 1.54) is 6.42 Å². The molecular formula is C14H16O2. The SMILES string of the molecule is O[C@@]12C3CC4[C@H]1[C@H]4[C@@]3(O)[C@@H]1C3CC4[C@@H]1[C@H]4[C@H]32. The molecule has 9 fully saturated rings. The van der Waals surface area contributed by atoms with Gasteiger partial charge >= 0.3 is 0 Å². The third kappa shape index (κ3) is 0.364. The van der Waals surface area contributed by atoms with E-state index in [1.807, 2.05) is 0 Å². The van der Waals surface area contributed by atoms with Gasteiger partial charge in [0.05, 0.1) is 11.2 Å². The molecule has 12 bridgehead atoms. The van der Waals surface area contributed by atoms with Crippen LogP contribution in [0.1, 0.15) is 12.8 Å². The number of hydrogen-bond acceptors (Lipinski definition) is 2. The van der Waals surface area contributed by atoms with Crippen molar-refractivity contribution in [2.75, 3.05) is 0 Å². The predicted octanol–water partition coefficient (Wildman–Crippen LogP) is 0.486.